The second-order valence-electron chi connectivity index (χ2n) is 2.34. The average molecular weight is 165 g/mol. The molecule has 0 aromatic carbocycles. The summed E-state index contributed by atoms with van der Waals surface area (Å²) in [6.45, 7) is 1.23. The highest BCUT2D eigenvalue weighted by atomic mass is 35.5. The van der Waals surface area contributed by atoms with E-state index in [0.717, 1.165) is 0 Å². The second kappa shape index (κ2) is 6.87. The predicted molar refractivity (Wildman–Crippen MR) is 40.7 cm³/mol. The molecular weight excluding hydrogens is 152 g/mol. The normalized spacial score (nSPS) is 15.4. The van der Waals surface area contributed by atoms with E-state index in [1.807, 2.05) is 0 Å². The average Bonchev–Trinajstić information content (AvgIpc) is 2.43. The summed E-state index contributed by atoms with van der Waals surface area (Å²) < 4.78 is 3.58. The van der Waals surface area contributed by atoms with Crippen LogP contribution < -0.4 is 0 Å². The molecule has 1 aliphatic carbocycles. The summed E-state index contributed by atoms with van der Waals surface area (Å²) in [6, 6.07) is 0. The molecule has 0 spiro atoms. The van der Waals surface area contributed by atoms with Crippen molar-refractivity contribution < 1.29 is 9.08 Å². The lowest BCUT2D eigenvalue weighted by Gasteiger charge is -1.74. The summed E-state index contributed by atoms with van der Waals surface area (Å²) in [5, 5.41) is 0. The zero-order valence-corrected chi connectivity index (χ0v) is 6.99. The van der Waals surface area contributed by atoms with E-state index >= 15 is 0 Å². The lowest BCUT2D eigenvalue weighted by Crippen LogP contribution is -1.82. The first-order valence-electron chi connectivity index (χ1n) is 3.56. The number of rotatable bonds is 0. The summed E-state index contributed by atoms with van der Waals surface area (Å²) >= 11 is 4.49. The topological polar surface area (TPSA) is 26.3 Å². The molecule has 1 saturated carbocycles. The number of hydrogen-bond acceptors (Lipinski definition) is 2. The first kappa shape index (κ1) is 9.76. The van der Waals surface area contributed by atoms with Gasteiger partial charge in [-0.15, -0.1) is 0 Å². The number of halogens is 1. The standard InChI is InChI=1S/C5H10.C2H3ClO2/c1-2-4-5-3-1;1-2(4)5-3/h1-5H2;1H3. The first-order chi connectivity index (χ1) is 4.77. The fourth-order valence-electron chi connectivity index (χ4n) is 0.884. The van der Waals surface area contributed by atoms with Crippen molar-refractivity contribution in [3.8, 4) is 0 Å². The van der Waals surface area contributed by atoms with Crippen LogP contribution in [-0.4, -0.2) is 5.97 Å². The lowest BCUT2D eigenvalue weighted by molar-refractivity contribution is -0.131. The van der Waals surface area contributed by atoms with Crippen LogP contribution in [0.4, 0.5) is 0 Å². The fourth-order valence-corrected chi connectivity index (χ4v) is 0.884. The molecule has 1 fully saturated rings. The van der Waals surface area contributed by atoms with Crippen LogP contribution in [0.1, 0.15) is 39.0 Å². The van der Waals surface area contributed by atoms with E-state index in [-0.39, 0.29) is 0 Å². The molecule has 0 N–H and O–H groups in total. The molecule has 0 aromatic rings. The van der Waals surface area contributed by atoms with Crippen molar-refractivity contribution in [2.24, 2.45) is 0 Å². The van der Waals surface area contributed by atoms with Crippen LogP contribution in [0.25, 0.3) is 0 Å². The molecular formula is C7H13ClO2. The molecule has 1 rings (SSSR count). The van der Waals surface area contributed by atoms with Crippen LogP contribution in [0.5, 0.6) is 0 Å². The Bertz CT molecular complexity index is 82.0. The molecule has 0 unspecified atom stereocenters. The van der Waals surface area contributed by atoms with E-state index < -0.39 is 5.97 Å². The quantitative estimate of drug-likeness (QED) is 0.550. The van der Waals surface area contributed by atoms with Gasteiger partial charge in [0.1, 0.15) is 11.9 Å². The summed E-state index contributed by atoms with van der Waals surface area (Å²) in [6.07, 6.45) is 7.50. The Morgan fingerprint density at radius 3 is 1.50 bits per heavy atom. The van der Waals surface area contributed by atoms with Gasteiger partial charge in [-0.3, -0.25) is 4.79 Å². The Morgan fingerprint density at radius 1 is 1.20 bits per heavy atom. The van der Waals surface area contributed by atoms with Crippen LogP contribution in [-0.2, 0) is 9.08 Å². The molecule has 0 heterocycles. The van der Waals surface area contributed by atoms with Gasteiger partial charge in [0.05, 0.1) is 0 Å². The van der Waals surface area contributed by atoms with Gasteiger partial charge in [0.15, 0.2) is 0 Å². The van der Waals surface area contributed by atoms with E-state index in [1.54, 1.807) is 0 Å². The van der Waals surface area contributed by atoms with Crippen molar-refractivity contribution in [3.63, 3.8) is 0 Å². The fraction of sp³-hybridized carbons (Fsp3) is 0.857. The molecule has 2 nitrogen and oxygen atoms in total. The van der Waals surface area contributed by atoms with Crippen LogP contribution in [0.3, 0.4) is 0 Å². The Hall–Kier alpha value is -0.240. The van der Waals surface area contributed by atoms with E-state index in [1.165, 1.54) is 39.0 Å². The predicted octanol–water partition coefficient (Wildman–Crippen LogP) is 2.65. The van der Waals surface area contributed by atoms with Crippen LogP contribution >= 0.6 is 11.9 Å². The minimum Gasteiger partial charge on any atom is -0.348 e. The Balaban J connectivity index is 0.000000162. The minimum atomic E-state index is -0.480. The number of carbonyl (C=O) groups excluding carboxylic acids is 1. The maximum Gasteiger partial charge on any atom is 0.321 e. The van der Waals surface area contributed by atoms with Gasteiger partial charge >= 0.3 is 5.97 Å². The van der Waals surface area contributed by atoms with Crippen molar-refractivity contribution in [1.82, 2.24) is 0 Å². The molecule has 0 atom stereocenters. The van der Waals surface area contributed by atoms with Crippen LogP contribution in [0, 0.1) is 0 Å². The SMILES string of the molecule is C1CCCC1.CC(=O)OCl. The van der Waals surface area contributed by atoms with Gasteiger partial charge in [-0.25, -0.2) is 0 Å². The highest BCUT2D eigenvalue weighted by Gasteiger charge is 1.95. The third-order valence-corrected chi connectivity index (χ3v) is 1.58. The number of carbonyl (C=O) groups is 1. The van der Waals surface area contributed by atoms with Crippen LogP contribution in [0.15, 0.2) is 0 Å². The Kier molecular flexibility index (Phi) is 6.71. The minimum absolute atomic E-state index is 0.480. The molecule has 0 saturated heterocycles. The highest BCUT2D eigenvalue weighted by molar-refractivity contribution is 6.12. The molecule has 3 heteroatoms. The molecule has 0 amide bonds. The van der Waals surface area contributed by atoms with Gasteiger partial charge in [-0.2, -0.15) is 0 Å². The summed E-state index contributed by atoms with van der Waals surface area (Å²) in [5.41, 5.74) is 0. The van der Waals surface area contributed by atoms with Gasteiger partial charge in [-0.05, 0) is 0 Å². The molecule has 0 aliphatic heterocycles. The van der Waals surface area contributed by atoms with Gasteiger partial charge < -0.3 is 4.29 Å². The molecule has 0 radical (unpaired) electrons. The maximum atomic E-state index is 9.46. The summed E-state index contributed by atoms with van der Waals surface area (Å²) in [5.74, 6) is -0.480. The van der Waals surface area contributed by atoms with Crippen molar-refractivity contribution in [2.45, 2.75) is 39.0 Å². The Morgan fingerprint density at radius 2 is 1.40 bits per heavy atom. The zero-order chi connectivity index (χ0) is 7.82. The smallest absolute Gasteiger partial charge is 0.321 e. The van der Waals surface area contributed by atoms with Gasteiger partial charge in [0, 0.05) is 6.92 Å². The van der Waals surface area contributed by atoms with E-state index in [0.29, 0.717) is 0 Å². The Labute approximate surface area is 66.7 Å². The summed E-state index contributed by atoms with van der Waals surface area (Å²) in [4.78, 5) is 9.46. The molecule has 60 valence electrons. The van der Waals surface area contributed by atoms with Crippen molar-refractivity contribution in [2.75, 3.05) is 0 Å². The number of hydrogen-bond donors (Lipinski definition) is 0. The van der Waals surface area contributed by atoms with Gasteiger partial charge in [0.2, 0.25) is 0 Å². The van der Waals surface area contributed by atoms with E-state index in [2.05, 4.69) is 16.2 Å². The molecule has 0 aromatic heterocycles. The van der Waals surface area contributed by atoms with Gasteiger partial charge in [0.25, 0.3) is 0 Å². The second-order valence-corrected chi connectivity index (χ2v) is 2.49. The highest BCUT2D eigenvalue weighted by Crippen LogP contribution is 2.15. The first-order valence-corrected chi connectivity index (χ1v) is 3.87. The van der Waals surface area contributed by atoms with E-state index in [4.69, 9.17) is 0 Å². The largest absolute Gasteiger partial charge is 0.348 e. The third-order valence-electron chi connectivity index (χ3n) is 1.36. The molecule has 10 heavy (non-hydrogen) atoms. The molecule has 0 bridgehead atoms. The van der Waals surface area contributed by atoms with Crippen LogP contribution in [0.2, 0.25) is 0 Å². The molecule has 1 aliphatic rings. The van der Waals surface area contributed by atoms with Crippen molar-refractivity contribution >= 4 is 17.8 Å². The van der Waals surface area contributed by atoms with E-state index in [9.17, 15) is 4.79 Å². The van der Waals surface area contributed by atoms with Crippen molar-refractivity contribution in [1.29, 1.82) is 0 Å². The lowest BCUT2D eigenvalue weighted by atomic mass is 10.4. The maximum absolute atomic E-state index is 9.46. The monoisotopic (exact) mass is 164 g/mol. The third kappa shape index (κ3) is 7.76. The van der Waals surface area contributed by atoms with Gasteiger partial charge in [-0.1, -0.05) is 32.1 Å². The zero-order valence-electron chi connectivity index (χ0n) is 6.23. The van der Waals surface area contributed by atoms with Crippen molar-refractivity contribution in [3.05, 3.63) is 0 Å². The summed E-state index contributed by atoms with van der Waals surface area (Å²) in [7, 11) is 0.